The second kappa shape index (κ2) is 8.36. The van der Waals surface area contributed by atoms with Crippen LogP contribution in [0, 0.1) is 6.92 Å². The Hall–Kier alpha value is -3.34. The standard InChI is InChI=1S/C22H22N2O3/c1-3-27-20-7-5-4-6-19(20)23-22(26)18-12-13-21(25)24(15-18)14-17-10-8-16(2)9-11-17/h4-13,15H,3,14H2,1-2H3,(H,23,26). The molecule has 1 amide bonds. The molecular weight excluding hydrogens is 340 g/mol. The highest BCUT2D eigenvalue weighted by Crippen LogP contribution is 2.24. The van der Waals surface area contributed by atoms with Gasteiger partial charge in [-0.1, -0.05) is 42.0 Å². The van der Waals surface area contributed by atoms with Gasteiger partial charge in [-0.2, -0.15) is 0 Å². The van der Waals surface area contributed by atoms with Gasteiger partial charge in [-0.15, -0.1) is 0 Å². The Morgan fingerprint density at radius 1 is 1.04 bits per heavy atom. The van der Waals surface area contributed by atoms with E-state index in [1.54, 1.807) is 18.3 Å². The molecule has 5 nitrogen and oxygen atoms in total. The molecule has 0 atom stereocenters. The van der Waals surface area contributed by atoms with Crippen LogP contribution in [0.15, 0.2) is 71.7 Å². The van der Waals surface area contributed by atoms with Crippen molar-refractivity contribution in [2.75, 3.05) is 11.9 Å². The molecule has 0 spiro atoms. The van der Waals surface area contributed by atoms with E-state index >= 15 is 0 Å². The van der Waals surface area contributed by atoms with E-state index in [9.17, 15) is 9.59 Å². The fourth-order valence-electron chi connectivity index (χ4n) is 2.73. The van der Waals surface area contributed by atoms with E-state index in [4.69, 9.17) is 4.74 Å². The molecule has 27 heavy (non-hydrogen) atoms. The summed E-state index contributed by atoms with van der Waals surface area (Å²) in [6, 6.07) is 18.2. The van der Waals surface area contributed by atoms with Crippen LogP contribution < -0.4 is 15.6 Å². The molecule has 3 aromatic rings. The summed E-state index contributed by atoms with van der Waals surface area (Å²) in [5, 5.41) is 2.85. The lowest BCUT2D eigenvalue weighted by atomic mass is 10.1. The fourth-order valence-corrected chi connectivity index (χ4v) is 2.73. The van der Waals surface area contributed by atoms with Crippen LogP contribution in [-0.4, -0.2) is 17.1 Å². The van der Waals surface area contributed by atoms with Gasteiger partial charge in [-0.25, -0.2) is 0 Å². The highest BCUT2D eigenvalue weighted by atomic mass is 16.5. The summed E-state index contributed by atoms with van der Waals surface area (Å²) in [7, 11) is 0. The van der Waals surface area contributed by atoms with E-state index in [1.165, 1.54) is 16.7 Å². The van der Waals surface area contributed by atoms with Crippen molar-refractivity contribution in [1.82, 2.24) is 4.57 Å². The lowest BCUT2D eigenvalue weighted by Gasteiger charge is -2.12. The summed E-state index contributed by atoms with van der Waals surface area (Å²) in [4.78, 5) is 24.8. The molecule has 1 heterocycles. The summed E-state index contributed by atoms with van der Waals surface area (Å²) in [5.41, 5.74) is 3.02. The number of pyridine rings is 1. The second-order valence-corrected chi connectivity index (χ2v) is 6.25. The maximum absolute atomic E-state index is 12.6. The Labute approximate surface area is 158 Å². The number of nitrogens with one attached hydrogen (secondary N) is 1. The van der Waals surface area contributed by atoms with Gasteiger partial charge < -0.3 is 14.6 Å². The van der Waals surface area contributed by atoms with E-state index in [1.807, 2.05) is 50.2 Å². The number of hydrogen-bond donors (Lipinski definition) is 1. The van der Waals surface area contributed by atoms with E-state index in [0.29, 0.717) is 30.2 Å². The minimum atomic E-state index is -0.292. The number of carbonyl (C=O) groups is 1. The van der Waals surface area contributed by atoms with Crippen molar-refractivity contribution in [2.24, 2.45) is 0 Å². The molecule has 0 saturated carbocycles. The van der Waals surface area contributed by atoms with Crippen molar-refractivity contribution in [3.63, 3.8) is 0 Å². The maximum Gasteiger partial charge on any atom is 0.257 e. The van der Waals surface area contributed by atoms with Crippen LogP contribution in [0.1, 0.15) is 28.4 Å². The molecule has 0 aliphatic rings. The third kappa shape index (κ3) is 4.64. The number of rotatable bonds is 6. The first-order chi connectivity index (χ1) is 13.1. The predicted octanol–water partition coefficient (Wildman–Crippen LogP) is 3.86. The predicted molar refractivity (Wildman–Crippen MR) is 107 cm³/mol. The minimum absolute atomic E-state index is 0.151. The summed E-state index contributed by atoms with van der Waals surface area (Å²) in [5.74, 6) is 0.320. The van der Waals surface area contributed by atoms with Gasteiger partial charge in [0.05, 0.1) is 24.4 Å². The van der Waals surface area contributed by atoms with Gasteiger partial charge in [0.2, 0.25) is 0 Å². The summed E-state index contributed by atoms with van der Waals surface area (Å²) in [6.45, 7) is 4.82. The maximum atomic E-state index is 12.6. The third-order valence-corrected chi connectivity index (χ3v) is 4.15. The lowest BCUT2D eigenvalue weighted by molar-refractivity contribution is 0.102. The highest BCUT2D eigenvalue weighted by molar-refractivity contribution is 6.04. The SMILES string of the molecule is CCOc1ccccc1NC(=O)c1ccc(=O)n(Cc2ccc(C)cc2)c1. The minimum Gasteiger partial charge on any atom is -0.492 e. The van der Waals surface area contributed by atoms with E-state index < -0.39 is 0 Å². The van der Waals surface area contributed by atoms with E-state index in [2.05, 4.69) is 5.32 Å². The first kappa shape index (κ1) is 18.5. The normalized spacial score (nSPS) is 10.4. The number of aryl methyl sites for hydroxylation is 1. The van der Waals surface area contributed by atoms with Crippen LogP contribution in [0.25, 0.3) is 0 Å². The number of anilines is 1. The average Bonchev–Trinajstić information content (AvgIpc) is 2.67. The van der Waals surface area contributed by atoms with Gasteiger partial charge in [0.25, 0.3) is 11.5 Å². The summed E-state index contributed by atoms with van der Waals surface area (Å²) in [6.07, 6.45) is 1.58. The summed E-state index contributed by atoms with van der Waals surface area (Å²) >= 11 is 0. The molecule has 0 bridgehead atoms. The Balaban J connectivity index is 1.82. The van der Waals surface area contributed by atoms with Gasteiger partial charge in [0.15, 0.2) is 0 Å². The topological polar surface area (TPSA) is 60.3 Å². The molecule has 0 aliphatic carbocycles. The summed E-state index contributed by atoms with van der Waals surface area (Å²) < 4.78 is 7.07. The molecule has 0 aliphatic heterocycles. The molecule has 3 rings (SSSR count). The van der Waals surface area contributed by atoms with Crippen LogP contribution in [0.5, 0.6) is 5.75 Å². The molecule has 0 unspecified atom stereocenters. The molecule has 5 heteroatoms. The van der Waals surface area contributed by atoms with Crippen LogP contribution in [0.2, 0.25) is 0 Å². The van der Waals surface area contributed by atoms with Gasteiger partial charge in [0.1, 0.15) is 5.75 Å². The number of aromatic nitrogens is 1. The van der Waals surface area contributed by atoms with E-state index in [0.717, 1.165) is 11.1 Å². The Morgan fingerprint density at radius 3 is 2.52 bits per heavy atom. The lowest BCUT2D eigenvalue weighted by Crippen LogP contribution is -2.22. The first-order valence-corrected chi connectivity index (χ1v) is 8.86. The van der Waals surface area contributed by atoms with Crippen molar-refractivity contribution < 1.29 is 9.53 Å². The number of nitrogens with zero attached hydrogens (tertiary/aromatic N) is 1. The van der Waals surface area contributed by atoms with Crippen molar-refractivity contribution >= 4 is 11.6 Å². The van der Waals surface area contributed by atoms with Crippen molar-refractivity contribution in [1.29, 1.82) is 0 Å². The number of amides is 1. The number of benzene rings is 2. The van der Waals surface area contributed by atoms with Gasteiger partial charge >= 0.3 is 0 Å². The van der Waals surface area contributed by atoms with Crippen molar-refractivity contribution in [2.45, 2.75) is 20.4 Å². The highest BCUT2D eigenvalue weighted by Gasteiger charge is 2.11. The molecule has 0 saturated heterocycles. The van der Waals surface area contributed by atoms with Crippen molar-refractivity contribution in [3.05, 3.63) is 93.9 Å². The number of ether oxygens (including phenoxy) is 1. The molecule has 0 fully saturated rings. The zero-order valence-corrected chi connectivity index (χ0v) is 15.4. The molecule has 0 radical (unpaired) electrons. The Kier molecular flexibility index (Phi) is 5.71. The number of carbonyl (C=O) groups excluding carboxylic acids is 1. The number of hydrogen-bond acceptors (Lipinski definition) is 3. The van der Waals surface area contributed by atoms with Gasteiger partial charge in [0, 0.05) is 12.3 Å². The molecule has 1 aromatic heterocycles. The molecular formula is C22H22N2O3. The van der Waals surface area contributed by atoms with Gasteiger partial charge in [-0.3, -0.25) is 9.59 Å². The van der Waals surface area contributed by atoms with Crippen LogP contribution in [-0.2, 0) is 6.54 Å². The van der Waals surface area contributed by atoms with Gasteiger partial charge in [-0.05, 0) is 37.6 Å². The third-order valence-electron chi connectivity index (χ3n) is 4.15. The molecule has 1 N–H and O–H groups in total. The second-order valence-electron chi connectivity index (χ2n) is 6.25. The van der Waals surface area contributed by atoms with E-state index in [-0.39, 0.29) is 11.5 Å². The average molecular weight is 362 g/mol. The fraction of sp³-hybridized carbons (Fsp3) is 0.182. The van der Waals surface area contributed by atoms with Crippen LogP contribution in [0.4, 0.5) is 5.69 Å². The zero-order valence-electron chi connectivity index (χ0n) is 15.4. The van der Waals surface area contributed by atoms with Crippen LogP contribution >= 0.6 is 0 Å². The van der Waals surface area contributed by atoms with Crippen molar-refractivity contribution in [3.8, 4) is 5.75 Å². The number of para-hydroxylation sites is 2. The monoisotopic (exact) mass is 362 g/mol. The smallest absolute Gasteiger partial charge is 0.257 e. The Morgan fingerprint density at radius 2 is 1.78 bits per heavy atom. The molecule has 2 aromatic carbocycles. The quantitative estimate of drug-likeness (QED) is 0.724. The zero-order chi connectivity index (χ0) is 19.2. The first-order valence-electron chi connectivity index (χ1n) is 8.86. The molecule has 138 valence electrons. The Bertz CT molecular complexity index is 991. The van der Waals surface area contributed by atoms with Crippen LogP contribution in [0.3, 0.4) is 0 Å². The largest absolute Gasteiger partial charge is 0.492 e.